The van der Waals surface area contributed by atoms with E-state index in [0.29, 0.717) is 5.92 Å². The Hall–Kier alpha value is -1.96. The molecule has 216 valence electrons. The maximum atomic E-state index is 6.89. The number of fused-ring (bicyclic) bond motifs is 7. The molecular formula is C38H52O2. The van der Waals surface area contributed by atoms with Gasteiger partial charge in [0.1, 0.15) is 11.5 Å². The van der Waals surface area contributed by atoms with Gasteiger partial charge in [-0.15, -0.1) is 0 Å². The van der Waals surface area contributed by atoms with Gasteiger partial charge in [0, 0.05) is 17.0 Å². The van der Waals surface area contributed by atoms with Crippen molar-refractivity contribution < 1.29 is 9.47 Å². The van der Waals surface area contributed by atoms with Crippen LogP contribution in [0.5, 0.6) is 11.5 Å². The Morgan fingerprint density at radius 2 is 1.00 bits per heavy atom. The molecule has 0 amide bonds. The molecule has 40 heavy (non-hydrogen) atoms. The molecule has 0 bridgehead atoms. The number of hydrogen-bond acceptors (Lipinski definition) is 2. The molecule has 2 aromatic carbocycles. The number of ether oxygens (including phenoxy) is 2. The summed E-state index contributed by atoms with van der Waals surface area (Å²) in [6.45, 7) is 3.97. The molecule has 0 N–H and O–H groups in total. The van der Waals surface area contributed by atoms with Crippen LogP contribution in [0.3, 0.4) is 0 Å². The van der Waals surface area contributed by atoms with E-state index in [1.165, 1.54) is 127 Å². The van der Waals surface area contributed by atoms with Crippen LogP contribution in [0.25, 0.3) is 11.1 Å². The maximum absolute atomic E-state index is 6.89. The largest absolute Gasteiger partial charge is 0.492 e. The molecule has 2 nitrogen and oxygen atoms in total. The molecule has 2 aromatic rings. The fourth-order valence-electron chi connectivity index (χ4n) is 9.56. The smallest absolute Gasteiger partial charge is 0.127 e. The minimum atomic E-state index is 0.479. The highest BCUT2D eigenvalue weighted by Gasteiger charge is 2.35. The third-order valence-corrected chi connectivity index (χ3v) is 11.9. The van der Waals surface area contributed by atoms with Crippen molar-refractivity contribution in [3.05, 3.63) is 46.5 Å². The van der Waals surface area contributed by atoms with Crippen molar-refractivity contribution >= 4 is 0 Å². The molecule has 5 aliphatic rings. The Morgan fingerprint density at radius 3 is 1.50 bits per heavy atom. The first-order chi connectivity index (χ1) is 19.8. The predicted octanol–water partition coefficient (Wildman–Crippen LogP) is 9.91. The molecule has 0 unspecified atom stereocenters. The lowest BCUT2D eigenvalue weighted by Gasteiger charge is -2.39. The fourth-order valence-corrected chi connectivity index (χ4v) is 9.56. The zero-order chi connectivity index (χ0) is 26.9. The zero-order valence-corrected chi connectivity index (χ0v) is 25.2. The Balaban J connectivity index is 1.12. The van der Waals surface area contributed by atoms with E-state index in [-0.39, 0.29) is 0 Å². The lowest BCUT2D eigenvalue weighted by molar-refractivity contribution is 0.0783. The van der Waals surface area contributed by atoms with Gasteiger partial charge in [-0.05, 0) is 148 Å². The summed E-state index contributed by atoms with van der Waals surface area (Å²) in [5, 5.41) is 0. The zero-order valence-electron chi connectivity index (χ0n) is 25.2. The summed E-state index contributed by atoms with van der Waals surface area (Å²) >= 11 is 0. The SMILES string of the molecule is CCCC1CCC(C2CCC(C3COc4ccc5c(c4-c4c(ccc6c4CCCC6)OC3)CCCC5)CC2)CC1. The van der Waals surface area contributed by atoms with Gasteiger partial charge in [-0.3, -0.25) is 0 Å². The summed E-state index contributed by atoms with van der Waals surface area (Å²) < 4.78 is 13.8. The van der Waals surface area contributed by atoms with Crippen LogP contribution < -0.4 is 9.47 Å². The van der Waals surface area contributed by atoms with E-state index < -0.39 is 0 Å². The van der Waals surface area contributed by atoms with E-state index in [1.807, 2.05) is 0 Å². The van der Waals surface area contributed by atoms with Crippen LogP contribution in [0, 0.1) is 29.6 Å². The summed E-state index contributed by atoms with van der Waals surface area (Å²) in [5.41, 5.74) is 9.00. The molecule has 0 radical (unpaired) electrons. The second kappa shape index (κ2) is 12.1. The lowest BCUT2D eigenvalue weighted by atomic mass is 9.67. The van der Waals surface area contributed by atoms with Crippen molar-refractivity contribution in [2.45, 2.75) is 122 Å². The second-order valence-electron chi connectivity index (χ2n) is 14.2. The third kappa shape index (κ3) is 5.34. The highest BCUT2D eigenvalue weighted by molar-refractivity contribution is 5.83. The minimum absolute atomic E-state index is 0.479. The lowest BCUT2D eigenvalue weighted by Crippen LogP contribution is -2.33. The molecule has 0 saturated heterocycles. The molecule has 1 heterocycles. The van der Waals surface area contributed by atoms with Crippen molar-refractivity contribution in [2.24, 2.45) is 29.6 Å². The average Bonchev–Trinajstić information content (AvgIpc) is 3.09. The standard InChI is InChI=1S/C38H52O2/c1-2-7-26-12-14-27(15-13-26)28-16-18-29(19-17-28)32-24-39-35-22-20-30-8-3-5-10-33(30)37(35)38-34-11-6-4-9-31(34)21-23-36(38)40-25-32/h20-23,26-29,32H,2-19,24-25H2,1H3. The van der Waals surface area contributed by atoms with Gasteiger partial charge in [0.05, 0.1) is 13.2 Å². The first-order valence-electron chi connectivity index (χ1n) is 17.3. The Morgan fingerprint density at radius 1 is 0.550 bits per heavy atom. The van der Waals surface area contributed by atoms with Crippen LogP contribution in [0.4, 0.5) is 0 Å². The van der Waals surface area contributed by atoms with Crippen LogP contribution in [0.1, 0.15) is 119 Å². The summed E-state index contributed by atoms with van der Waals surface area (Å²) in [5.74, 6) is 6.46. The van der Waals surface area contributed by atoms with Crippen LogP contribution in [-0.2, 0) is 25.7 Å². The van der Waals surface area contributed by atoms with Crippen LogP contribution in [0.15, 0.2) is 24.3 Å². The van der Waals surface area contributed by atoms with Crippen LogP contribution in [-0.4, -0.2) is 13.2 Å². The highest BCUT2D eigenvalue weighted by Crippen LogP contribution is 2.49. The van der Waals surface area contributed by atoms with Gasteiger partial charge in [0.15, 0.2) is 0 Å². The average molecular weight is 541 g/mol. The summed E-state index contributed by atoms with van der Waals surface area (Å²) in [6.07, 6.45) is 24.4. The van der Waals surface area contributed by atoms with E-state index in [4.69, 9.17) is 9.47 Å². The first kappa shape index (κ1) is 26.9. The van der Waals surface area contributed by atoms with Gasteiger partial charge in [-0.2, -0.15) is 0 Å². The van der Waals surface area contributed by atoms with Gasteiger partial charge >= 0.3 is 0 Å². The summed E-state index contributed by atoms with van der Waals surface area (Å²) in [6, 6.07) is 9.41. The number of benzene rings is 2. The maximum Gasteiger partial charge on any atom is 0.127 e. The van der Waals surface area contributed by atoms with Crippen molar-refractivity contribution in [3.8, 4) is 22.6 Å². The second-order valence-corrected chi connectivity index (χ2v) is 14.2. The topological polar surface area (TPSA) is 18.5 Å². The normalized spacial score (nSPS) is 28.8. The van der Waals surface area contributed by atoms with Crippen molar-refractivity contribution in [3.63, 3.8) is 0 Å². The summed E-state index contributed by atoms with van der Waals surface area (Å²) in [7, 11) is 0. The van der Waals surface area contributed by atoms with Crippen LogP contribution >= 0.6 is 0 Å². The molecule has 1 aliphatic heterocycles. The Bertz CT molecular complexity index is 1100. The predicted molar refractivity (Wildman–Crippen MR) is 165 cm³/mol. The van der Waals surface area contributed by atoms with Gasteiger partial charge in [-0.1, -0.05) is 44.7 Å². The molecule has 4 aliphatic carbocycles. The monoisotopic (exact) mass is 540 g/mol. The van der Waals surface area contributed by atoms with Gasteiger partial charge < -0.3 is 9.47 Å². The van der Waals surface area contributed by atoms with E-state index in [9.17, 15) is 0 Å². The third-order valence-electron chi connectivity index (χ3n) is 11.9. The number of rotatable bonds is 4. The quantitative estimate of drug-likeness (QED) is 0.384. The molecule has 0 spiro atoms. The molecular weight excluding hydrogens is 488 g/mol. The fraction of sp³-hybridized carbons (Fsp3) is 0.684. The minimum Gasteiger partial charge on any atom is -0.492 e. The molecule has 0 aromatic heterocycles. The number of hydrogen-bond donors (Lipinski definition) is 0. The molecule has 2 saturated carbocycles. The van der Waals surface area contributed by atoms with Gasteiger partial charge in [0.25, 0.3) is 0 Å². The Kier molecular flexibility index (Phi) is 8.14. The van der Waals surface area contributed by atoms with Gasteiger partial charge in [-0.25, -0.2) is 0 Å². The number of aryl methyl sites for hydroxylation is 2. The Labute approximate surface area is 243 Å². The van der Waals surface area contributed by atoms with E-state index >= 15 is 0 Å². The molecule has 2 heteroatoms. The molecule has 2 fully saturated rings. The summed E-state index contributed by atoms with van der Waals surface area (Å²) in [4.78, 5) is 0. The first-order valence-corrected chi connectivity index (χ1v) is 17.3. The van der Waals surface area contributed by atoms with E-state index in [2.05, 4.69) is 31.2 Å². The van der Waals surface area contributed by atoms with Crippen molar-refractivity contribution in [1.82, 2.24) is 0 Å². The van der Waals surface area contributed by atoms with Crippen molar-refractivity contribution in [1.29, 1.82) is 0 Å². The van der Waals surface area contributed by atoms with Crippen molar-refractivity contribution in [2.75, 3.05) is 13.2 Å². The molecule has 0 atom stereocenters. The van der Waals surface area contributed by atoms with E-state index in [0.717, 1.165) is 48.4 Å². The van der Waals surface area contributed by atoms with Gasteiger partial charge in [0.2, 0.25) is 0 Å². The van der Waals surface area contributed by atoms with Crippen LogP contribution in [0.2, 0.25) is 0 Å². The highest BCUT2D eigenvalue weighted by atomic mass is 16.5. The van der Waals surface area contributed by atoms with E-state index in [1.54, 1.807) is 22.3 Å². The molecule has 7 rings (SSSR count).